The quantitative estimate of drug-likeness (QED) is 0.812. The van der Waals surface area contributed by atoms with E-state index in [9.17, 15) is 18.0 Å². The van der Waals surface area contributed by atoms with Gasteiger partial charge in [-0.2, -0.15) is 18.3 Å². The van der Waals surface area contributed by atoms with Gasteiger partial charge in [0.05, 0.1) is 24.2 Å². The molecule has 0 spiro atoms. The largest absolute Gasteiger partial charge is 0.411 e. The van der Waals surface area contributed by atoms with Crippen LogP contribution in [0.5, 0.6) is 0 Å². The molecule has 1 aromatic heterocycles. The number of alkyl halides is 3. The molecule has 0 aliphatic heterocycles. The fourth-order valence-electron chi connectivity index (χ4n) is 2.63. The van der Waals surface area contributed by atoms with E-state index in [0.717, 1.165) is 29.5 Å². The molecule has 0 N–H and O–H groups in total. The Kier molecular flexibility index (Phi) is 3.44. The molecule has 1 aromatic carbocycles. The van der Waals surface area contributed by atoms with Crippen molar-refractivity contribution < 1.29 is 17.9 Å². The van der Waals surface area contributed by atoms with Crippen molar-refractivity contribution >= 4 is 10.8 Å². The zero-order valence-corrected chi connectivity index (χ0v) is 11.1. The van der Waals surface area contributed by atoms with E-state index in [1.165, 1.54) is 4.68 Å². The third kappa shape index (κ3) is 2.78. The summed E-state index contributed by atoms with van der Waals surface area (Å²) in [7, 11) is 0. The van der Waals surface area contributed by atoms with Crippen molar-refractivity contribution in [1.29, 1.82) is 0 Å². The SMILES string of the molecule is O=c1c2cccc3c2c(nn1CCOCC(F)(F)F)CC3. The van der Waals surface area contributed by atoms with Gasteiger partial charge in [-0.25, -0.2) is 4.68 Å². The van der Waals surface area contributed by atoms with Gasteiger partial charge in [0.15, 0.2) is 0 Å². The number of hydrogen-bond acceptors (Lipinski definition) is 3. The van der Waals surface area contributed by atoms with Gasteiger partial charge in [-0.3, -0.25) is 4.79 Å². The smallest absolute Gasteiger partial charge is 0.370 e. The minimum absolute atomic E-state index is 0.0160. The molecule has 0 amide bonds. The number of aryl methyl sites for hydroxylation is 2. The molecule has 1 aliphatic rings. The van der Waals surface area contributed by atoms with E-state index in [4.69, 9.17) is 0 Å². The number of nitrogens with zero attached hydrogens (tertiary/aromatic N) is 2. The number of halogens is 3. The summed E-state index contributed by atoms with van der Waals surface area (Å²) in [6, 6.07) is 5.51. The minimum Gasteiger partial charge on any atom is -0.370 e. The molecule has 7 heteroatoms. The summed E-state index contributed by atoms with van der Waals surface area (Å²) in [6.07, 6.45) is -2.77. The van der Waals surface area contributed by atoms with E-state index in [1.807, 2.05) is 12.1 Å². The summed E-state index contributed by atoms with van der Waals surface area (Å²) in [5, 5.41) is 5.72. The molecule has 1 heterocycles. The molecular formula is C14H13F3N2O2. The lowest BCUT2D eigenvalue weighted by atomic mass is 10.1. The third-order valence-corrected chi connectivity index (χ3v) is 3.49. The van der Waals surface area contributed by atoms with E-state index >= 15 is 0 Å². The second-order valence-electron chi connectivity index (χ2n) is 4.98. The molecule has 3 rings (SSSR count). The maximum Gasteiger partial charge on any atom is 0.411 e. The lowest BCUT2D eigenvalue weighted by Crippen LogP contribution is -2.27. The Morgan fingerprint density at radius 2 is 2.10 bits per heavy atom. The van der Waals surface area contributed by atoms with Crippen molar-refractivity contribution in [2.24, 2.45) is 0 Å². The summed E-state index contributed by atoms with van der Waals surface area (Å²) in [5.74, 6) is 0. The van der Waals surface area contributed by atoms with Crippen molar-refractivity contribution in [2.75, 3.05) is 13.2 Å². The van der Waals surface area contributed by atoms with Crippen LogP contribution in [-0.4, -0.2) is 29.2 Å². The molecule has 0 bridgehead atoms. The highest BCUT2D eigenvalue weighted by Crippen LogP contribution is 2.26. The summed E-state index contributed by atoms with van der Waals surface area (Å²) in [6.45, 7) is -1.49. The van der Waals surface area contributed by atoms with Gasteiger partial charge in [0, 0.05) is 5.39 Å². The van der Waals surface area contributed by atoms with Crippen LogP contribution < -0.4 is 5.56 Å². The van der Waals surface area contributed by atoms with Crippen LogP contribution in [0.25, 0.3) is 10.8 Å². The normalized spacial score (nSPS) is 14.0. The van der Waals surface area contributed by atoms with Gasteiger partial charge in [0.2, 0.25) is 0 Å². The van der Waals surface area contributed by atoms with Crippen LogP contribution in [0.4, 0.5) is 13.2 Å². The summed E-state index contributed by atoms with van der Waals surface area (Å²) in [4.78, 5) is 12.3. The molecule has 0 fully saturated rings. The number of hydrogen-bond donors (Lipinski definition) is 0. The van der Waals surface area contributed by atoms with E-state index in [2.05, 4.69) is 9.84 Å². The van der Waals surface area contributed by atoms with Crippen LogP contribution in [0.1, 0.15) is 11.3 Å². The molecule has 2 aromatic rings. The Hall–Kier alpha value is -1.89. The van der Waals surface area contributed by atoms with Gasteiger partial charge < -0.3 is 4.74 Å². The summed E-state index contributed by atoms with van der Waals surface area (Å²) < 4.78 is 41.7. The predicted octanol–water partition coefficient (Wildman–Crippen LogP) is 2.07. The maximum absolute atomic E-state index is 12.3. The highest BCUT2D eigenvalue weighted by atomic mass is 19.4. The topological polar surface area (TPSA) is 44.1 Å². The van der Waals surface area contributed by atoms with E-state index in [1.54, 1.807) is 6.07 Å². The first-order valence-electron chi connectivity index (χ1n) is 6.62. The fourth-order valence-corrected chi connectivity index (χ4v) is 2.63. The molecule has 1 aliphatic carbocycles. The fraction of sp³-hybridized carbons (Fsp3) is 0.429. The Balaban J connectivity index is 1.82. The zero-order valence-electron chi connectivity index (χ0n) is 11.1. The van der Waals surface area contributed by atoms with Gasteiger partial charge in [-0.15, -0.1) is 0 Å². The van der Waals surface area contributed by atoms with Crippen LogP contribution in [0.3, 0.4) is 0 Å². The maximum atomic E-state index is 12.3. The lowest BCUT2D eigenvalue weighted by molar-refractivity contribution is -0.174. The Labute approximate surface area is 118 Å². The zero-order chi connectivity index (χ0) is 15.0. The highest BCUT2D eigenvalue weighted by Gasteiger charge is 2.27. The average Bonchev–Trinajstić information content (AvgIpc) is 2.83. The molecule has 4 nitrogen and oxygen atoms in total. The minimum atomic E-state index is -4.36. The Bertz CT molecular complexity index is 737. The molecule has 0 radical (unpaired) electrons. The van der Waals surface area contributed by atoms with Crippen LogP contribution in [0.15, 0.2) is 23.0 Å². The van der Waals surface area contributed by atoms with Crippen molar-refractivity contribution in [1.82, 2.24) is 9.78 Å². The van der Waals surface area contributed by atoms with Gasteiger partial charge in [-0.1, -0.05) is 12.1 Å². The molecular weight excluding hydrogens is 285 g/mol. The van der Waals surface area contributed by atoms with Gasteiger partial charge in [-0.05, 0) is 24.5 Å². The van der Waals surface area contributed by atoms with Crippen LogP contribution in [-0.2, 0) is 24.1 Å². The number of ether oxygens (including phenoxy) is 1. The summed E-state index contributed by atoms with van der Waals surface area (Å²) in [5.41, 5.74) is 1.65. The number of rotatable bonds is 4. The van der Waals surface area contributed by atoms with E-state index in [-0.39, 0.29) is 18.7 Å². The standard InChI is InChI=1S/C14H13F3N2O2/c15-14(16,17)8-21-7-6-19-13(20)10-3-1-2-9-4-5-11(18-19)12(9)10/h1-3H,4-8H2. The third-order valence-electron chi connectivity index (χ3n) is 3.49. The number of benzene rings is 1. The molecule has 0 atom stereocenters. The monoisotopic (exact) mass is 298 g/mol. The summed E-state index contributed by atoms with van der Waals surface area (Å²) >= 11 is 0. The average molecular weight is 298 g/mol. The molecule has 0 saturated heterocycles. The van der Waals surface area contributed by atoms with Crippen molar-refractivity contribution in [3.05, 3.63) is 39.8 Å². The second kappa shape index (κ2) is 5.14. The van der Waals surface area contributed by atoms with Crippen molar-refractivity contribution in [3.8, 4) is 0 Å². The second-order valence-corrected chi connectivity index (χ2v) is 4.98. The Morgan fingerprint density at radius 3 is 2.86 bits per heavy atom. The molecule has 0 unspecified atom stereocenters. The Morgan fingerprint density at radius 1 is 1.29 bits per heavy atom. The number of aromatic nitrogens is 2. The van der Waals surface area contributed by atoms with Crippen LogP contribution in [0.2, 0.25) is 0 Å². The van der Waals surface area contributed by atoms with Gasteiger partial charge >= 0.3 is 6.18 Å². The van der Waals surface area contributed by atoms with Crippen LogP contribution >= 0.6 is 0 Å². The molecule has 0 saturated carbocycles. The van der Waals surface area contributed by atoms with E-state index < -0.39 is 12.8 Å². The molecule has 112 valence electrons. The van der Waals surface area contributed by atoms with Crippen molar-refractivity contribution in [3.63, 3.8) is 0 Å². The van der Waals surface area contributed by atoms with Gasteiger partial charge in [0.25, 0.3) is 5.56 Å². The predicted molar refractivity (Wildman–Crippen MR) is 70.3 cm³/mol. The lowest BCUT2D eigenvalue weighted by Gasteiger charge is -2.10. The highest BCUT2D eigenvalue weighted by molar-refractivity contribution is 5.88. The van der Waals surface area contributed by atoms with Crippen molar-refractivity contribution in [2.45, 2.75) is 25.6 Å². The first-order chi connectivity index (χ1) is 9.96. The van der Waals surface area contributed by atoms with Gasteiger partial charge in [0.1, 0.15) is 6.61 Å². The molecule has 21 heavy (non-hydrogen) atoms. The first-order valence-corrected chi connectivity index (χ1v) is 6.62. The van der Waals surface area contributed by atoms with E-state index in [0.29, 0.717) is 5.39 Å². The van der Waals surface area contributed by atoms with Crippen LogP contribution in [0, 0.1) is 0 Å². The first kappa shape index (κ1) is 14.1.